The number of hydrogen-bond acceptors (Lipinski definition) is 3. The van der Waals surface area contributed by atoms with E-state index in [-0.39, 0.29) is 5.56 Å². The SMILES string of the molecule is O=C(O)c1cccc(-n2nc(-c3ccccc3)c3c2NCCCC3)c1. The maximum Gasteiger partial charge on any atom is 0.335 e. The van der Waals surface area contributed by atoms with Gasteiger partial charge in [-0.2, -0.15) is 5.10 Å². The number of carbonyl (C=O) groups is 1. The first-order valence-electron chi connectivity index (χ1n) is 8.49. The minimum atomic E-state index is -0.934. The number of aromatic nitrogens is 2. The van der Waals surface area contributed by atoms with Crippen LogP contribution < -0.4 is 5.32 Å². The van der Waals surface area contributed by atoms with Gasteiger partial charge < -0.3 is 10.4 Å². The van der Waals surface area contributed by atoms with Gasteiger partial charge in [-0.05, 0) is 37.5 Å². The van der Waals surface area contributed by atoms with E-state index in [1.54, 1.807) is 18.2 Å². The first kappa shape index (κ1) is 15.4. The van der Waals surface area contributed by atoms with Crippen molar-refractivity contribution in [3.05, 3.63) is 65.7 Å². The van der Waals surface area contributed by atoms with Crippen LogP contribution in [-0.4, -0.2) is 27.4 Å². The zero-order chi connectivity index (χ0) is 17.2. The first-order valence-corrected chi connectivity index (χ1v) is 8.49. The summed E-state index contributed by atoms with van der Waals surface area (Å²) >= 11 is 0. The topological polar surface area (TPSA) is 67.1 Å². The molecule has 1 aromatic heterocycles. The van der Waals surface area contributed by atoms with Gasteiger partial charge in [0.2, 0.25) is 0 Å². The van der Waals surface area contributed by atoms with E-state index in [1.165, 1.54) is 5.56 Å². The molecule has 25 heavy (non-hydrogen) atoms. The second-order valence-electron chi connectivity index (χ2n) is 6.19. The van der Waals surface area contributed by atoms with Crippen LogP contribution in [0.5, 0.6) is 0 Å². The van der Waals surface area contributed by atoms with Crippen molar-refractivity contribution in [1.29, 1.82) is 0 Å². The summed E-state index contributed by atoms with van der Waals surface area (Å²) < 4.78 is 1.84. The van der Waals surface area contributed by atoms with E-state index in [9.17, 15) is 9.90 Å². The first-order chi connectivity index (χ1) is 12.2. The Labute approximate surface area is 145 Å². The predicted octanol–water partition coefficient (Wildman–Crippen LogP) is 3.99. The highest BCUT2D eigenvalue weighted by Crippen LogP contribution is 2.33. The fourth-order valence-corrected chi connectivity index (χ4v) is 3.29. The van der Waals surface area contributed by atoms with E-state index in [0.717, 1.165) is 48.6 Å². The minimum absolute atomic E-state index is 0.261. The molecule has 1 aliphatic heterocycles. The second-order valence-corrected chi connectivity index (χ2v) is 6.19. The van der Waals surface area contributed by atoms with Gasteiger partial charge in [0.15, 0.2) is 0 Å². The fraction of sp³-hybridized carbons (Fsp3) is 0.200. The number of benzene rings is 2. The van der Waals surface area contributed by atoms with Crippen LogP contribution in [0.25, 0.3) is 16.9 Å². The van der Waals surface area contributed by atoms with E-state index in [0.29, 0.717) is 0 Å². The molecule has 0 radical (unpaired) electrons. The number of carboxylic acids is 1. The molecule has 0 unspecified atom stereocenters. The zero-order valence-corrected chi connectivity index (χ0v) is 13.8. The molecule has 0 fully saturated rings. The number of hydrogen-bond donors (Lipinski definition) is 2. The molecule has 4 rings (SSSR count). The number of nitrogens with one attached hydrogen (secondary N) is 1. The highest BCUT2D eigenvalue weighted by atomic mass is 16.4. The molecule has 1 aliphatic rings. The minimum Gasteiger partial charge on any atom is -0.478 e. The molecule has 2 heterocycles. The molecule has 2 aromatic carbocycles. The molecule has 126 valence electrons. The molecule has 5 heteroatoms. The number of aromatic carboxylic acids is 1. The second kappa shape index (κ2) is 6.43. The highest BCUT2D eigenvalue weighted by Gasteiger charge is 2.21. The molecular formula is C20H19N3O2. The summed E-state index contributed by atoms with van der Waals surface area (Å²) in [6.45, 7) is 0.894. The van der Waals surface area contributed by atoms with E-state index in [2.05, 4.69) is 17.4 Å². The van der Waals surface area contributed by atoms with Gasteiger partial charge >= 0.3 is 5.97 Å². The van der Waals surface area contributed by atoms with Crippen LogP contribution >= 0.6 is 0 Å². The van der Waals surface area contributed by atoms with Crippen molar-refractivity contribution in [2.45, 2.75) is 19.3 Å². The Balaban J connectivity index is 1.90. The smallest absolute Gasteiger partial charge is 0.335 e. The van der Waals surface area contributed by atoms with E-state index in [1.807, 2.05) is 28.9 Å². The average Bonchev–Trinajstić information content (AvgIpc) is 2.83. The lowest BCUT2D eigenvalue weighted by Gasteiger charge is -2.09. The number of carboxylic acid groups (broad SMARTS) is 1. The molecule has 3 aromatic rings. The van der Waals surface area contributed by atoms with Crippen molar-refractivity contribution in [2.24, 2.45) is 0 Å². The lowest BCUT2D eigenvalue weighted by molar-refractivity contribution is 0.0697. The Morgan fingerprint density at radius 2 is 1.92 bits per heavy atom. The Morgan fingerprint density at radius 1 is 1.08 bits per heavy atom. The molecule has 0 spiro atoms. The summed E-state index contributed by atoms with van der Waals surface area (Å²) in [5.74, 6) is 0.0372. The number of fused-ring (bicyclic) bond motifs is 1. The van der Waals surface area contributed by atoms with E-state index < -0.39 is 5.97 Å². The molecular weight excluding hydrogens is 314 g/mol. The van der Waals surface area contributed by atoms with Crippen molar-refractivity contribution in [3.63, 3.8) is 0 Å². The third kappa shape index (κ3) is 2.89. The van der Waals surface area contributed by atoms with Crippen LogP contribution in [0.1, 0.15) is 28.8 Å². The monoisotopic (exact) mass is 333 g/mol. The van der Waals surface area contributed by atoms with Gasteiger partial charge in [-0.25, -0.2) is 9.48 Å². The van der Waals surface area contributed by atoms with Gasteiger partial charge in [0.1, 0.15) is 5.82 Å². The van der Waals surface area contributed by atoms with Crippen molar-refractivity contribution in [1.82, 2.24) is 9.78 Å². The quantitative estimate of drug-likeness (QED) is 0.760. The van der Waals surface area contributed by atoms with Gasteiger partial charge in [-0.1, -0.05) is 36.4 Å². The molecule has 5 nitrogen and oxygen atoms in total. The maximum absolute atomic E-state index is 11.3. The number of nitrogens with zero attached hydrogens (tertiary/aromatic N) is 2. The molecule has 0 atom stereocenters. The summed E-state index contributed by atoms with van der Waals surface area (Å²) in [5.41, 5.74) is 4.26. The Kier molecular flexibility index (Phi) is 3.98. The van der Waals surface area contributed by atoms with Gasteiger partial charge in [0, 0.05) is 17.7 Å². The number of anilines is 1. The molecule has 0 aliphatic carbocycles. The molecule has 0 saturated heterocycles. The van der Waals surface area contributed by atoms with E-state index >= 15 is 0 Å². The predicted molar refractivity (Wildman–Crippen MR) is 97.4 cm³/mol. The standard InChI is InChI=1S/C20H19N3O2/c24-20(25)15-9-6-10-16(13-15)23-19-17(11-4-5-12-21-19)18(22-23)14-7-2-1-3-8-14/h1-3,6-10,13,21H,4-5,11-12H2,(H,24,25). The normalized spacial score (nSPS) is 13.6. The maximum atomic E-state index is 11.3. The number of rotatable bonds is 3. The fourth-order valence-electron chi connectivity index (χ4n) is 3.29. The van der Waals surface area contributed by atoms with Crippen molar-refractivity contribution in [2.75, 3.05) is 11.9 Å². The molecule has 2 N–H and O–H groups in total. The van der Waals surface area contributed by atoms with Crippen LogP contribution in [0, 0.1) is 0 Å². The molecule has 0 amide bonds. The molecule has 0 bridgehead atoms. The largest absolute Gasteiger partial charge is 0.478 e. The van der Waals surface area contributed by atoms with Crippen LogP contribution in [0.3, 0.4) is 0 Å². The van der Waals surface area contributed by atoms with Gasteiger partial charge in [-0.15, -0.1) is 0 Å². The van der Waals surface area contributed by atoms with Gasteiger partial charge in [0.25, 0.3) is 0 Å². The van der Waals surface area contributed by atoms with Crippen LogP contribution in [0.15, 0.2) is 54.6 Å². The van der Waals surface area contributed by atoms with Crippen molar-refractivity contribution < 1.29 is 9.90 Å². The Bertz CT molecular complexity index is 916. The summed E-state index contributed by atoms with van der Waals surface area (Å²) in [6.07, 6.45) is 3.18. The average molecular weight is 333 g/mol. The molecule has 0 saturated carbocycles. The Hall–Kier alpha value is -3.08. The summed E-state index contributed by atoms with van der Waals surface area (Å²) in [6, 6.07) is 17.0. The third-order valence-corrected chi connectivity index (χ3v) is 4.51. The van der Waals surface area contributed by atoms with Crippen molar-refractivity contribution in [3.8, 4) is 16.9 Å². The summed E-state index contributed by atoms with van der Waals surface area (Å²) in [5, 5.41) is 17.6. The highest BCUT2D eigenvalue weighted by molar-refractivity contribution is 5.88. The van der Waals surface area contributed by atoms with E-state index in [4.69, 9.17) is 5.10 Å². The third-order valence-electron chi connectivity index (χ3n) is 4.51. The lowest BCUT2D eigenvalue weighted by Crippen LogP contribution is -2.08. The van der Waals surface area contributed by atoms with Crippen LogP contribution in [-0.2, 0) is 6.42 Å². The van der Waals surface area contributed by atoms with Crippen LogP contribution in [0.2, 0.25) is 0 Å². The van der Waals surface area contributed by atoms with Gasteiger partial charge in [0.05, 0.1) is 16.9 Å². The Morgan fingerprint density at radius 3 is 2.72 bits per heavy atom. The summed E-state index contributed by atoms with van der Waals surface area (Å²) in [4.78, 5) is 11.3. The van der Waals surface area contributed by atoms with Crippen molar-refractivity contribution >= 4 is 11.8 Å². The lowest BCUT2D eigenvalue weighted by atomic mass is 10.0. The summed E-state index contributed by atoms with van der Waals surface area (Å²) in [7, 11) is 0. The van der Waals surface area contributed by atoms with Crippen LogP contribution in [0.4, 0.5) is 5.82 Å². The zero-order valence-electron chi connectivity index (χ0n) is 13.8. The van der Waals surface area contributed by atoms with Gasteiger partial charge in [-0.3, -0.25) is 0 Å².